The van der Waals surface area contributed by atoms with Crippen molar-refractivity contribution >= 4 is 18.5 Å². The predicted octanol–water partition coefficient (Wildman–Crippen LogP) is 0.0233. The van der Waals surface area contributed by atoms with Crippen LogP contribution in [0.1, 0.15) is 10.4 Å². The quantitative estimate of drug-likeness (QED) is 0.323. The summed E-state index contributed by atoms with van der Waals surface area (Å²) in [6.07, 6.45) is 2.46. The summed E-state index contributed by atoms with van der Waals surface area (Å²) in [7, 11) is 1.52. The lowest BCUT2D eigenvalue weighted by molar-refractivity contribution is -0.114. The molecule has 1 aromatic carbocycles. The fourth-order valence-corrected chi connectivity index (χ4v) is 1.72. The number of nitrogens with one attached hydrogen (secondary N) is 1. The molecule has 2 rings (SSSR count). The third-order valence-electron chi connectivity index (χ3n) is 2.89. The van der Waals surface area contributed by atoms with Gasteiger partial charge in [-0.25, -0.2) is 4.79 Å². The molecule has 0 fully saturated rings. The number of hydrogen-bond donors (Lipinski definition) is 2. The van der Waals surface area contributed by atoms with E-state index in [-0.39, 0.29) is 18.2 Å². The number of imidazole rings is 1. The fourth-order valence-electron chi connectivity index (χ4n) is 1.72. The third-order valence-corrected chi connectivity index (χ3v) is 2.89. The number of ketones is 1. The van der Waals surface area contributed by atoms with E-state index >= 15 is 0 Å². The number of amides is 1. The summed E-state index contributed by atoms with van der Waals surface area (Å²) >= 11 is 0. The van der Waals surface area contributed by atoms with Gasteiger partial charge in [0.15, 0.2) is 5.78 Å². The van der Waals surface area contributed by atoms with Crippen molar-refractivity contribution in [3.63, 3.8) is 0 Å². The minimum atomic E-state index is -0.675. The lowest BCUT2D eigenvalue weighted by atomic mass is 10.1. The van der Waals surface area contributed by atoms with Gasteiger partial charge in [0, 0.05) is 5.56 Å². The van der Waals surface area contributed by atoms with Gasteiger partial charge in [0.05, 0.1) is 19.9 Å². The standard InChI is InChI=1S/C14H14N4O5/c1-23-11-4-2-10(3-5-11)12(20)6-17(9-19)8-15-18-7-13(21)16-14(18)22/h2-5,7-9,21H,6H2,1H3,(H,16,22). The van der Waals surface area contributed by atoms with Crippen LogP contribution in [0.15, 0.2) is 40.4 Å². The first-order chi connectivity index (χ1) is 11.0. The maximum atomic E-state index is 12.1. The number of benzene rings is 1. The molecule has 0 aliphatic carbocycles. The Bertz CT molecular complexity index is 775. The highest BCUT2D eigenvalue weighted by atomic mass is 16.5. The molecular formula is C14H14N4O5. The molecule has 0 spiro atoms. The Kier molecular flexibility index (Phi) is 4.92. The van der Waals surface area contributed by atoms with Crippen molar-refractivity contribution in [2.75, 3.05) is 13.7 Å². The van der Waals surface area contributed by atoms with E-state index in [4.69, 9.17) is 9.84 Å². The summed E-state index contributed by atoms with van der Waals surface area (Å²) in [6.45, 7) is -0.246. The van der Waals surface area contributed by atoms with Crippen molar-refractivity contribution < 1.29 is 19.4 Å². The average Bonchev–Trinajstić information content (AvgIpc) is 2.88. The molecule has 120 valence electrons. The van der Waals surface area contributed by atoms with Crippen LogP contribution in [-0.2, 0) is 4.79 Å². The van der Waals surface area contributed by atoms with Gasteiger partial charge in [-0.1, -0.05) is 0 Å². The van der Waals surface area contributed by atoms with Crippen molar-refractivity contribution in [3.8, 4) is 11.6 Å². The molecule has 0 aliphatic rings. The van der Waals surface area contributed by atoms with Gasteiger partial charge in [0.1, 0.15) is 12.1 Å². The second-order valence-corrected chi connectivity index (χ2v) is 4.45. The number of aromatic nitrogens is 2. The zero-order chi connectivity index (χ0) is 16.8. The Hall–Kier alpha value is -3.36. The highest BCUT2D eigenvalue weighted by Crippen LogP contribution is 2.11. The minimum Gasteiger partial charge on any atom is -0.497 e. The van der Waals surface area contributed by atoms with Crippen molar-refractivity contribution in [1.82, 2.24) is 14.6 Å². The molecule has 9 heteroatoms. The second-order valence-electron chi connectivity index (χ2n) is 4.45. The molecule has 0 unspecified atom stereocenters. The van der Waals surface area contributed by atoms with Gasteiger partial charge in [-0.05, 0) is 24.3 Å². The zero-order valence-electron chi connectivity index (χ0n) is 12.2. The van der Waals surface area contributed by atoms with Crippen LogP contribution in [0.5, 0.6) is 11.6 Å². The van der Waals surface area contributed by atoms with E-state index < -0.39 is 5.69 Å². The van der Waals surface area contributed by atoms with Gasteiger partial charge in [-0.3, -0.25) is 19.5 Å². The molecule has 2 aromatic rings. The topological polar surface area (TPSA) is 117 Å². The number of nitrogens with zero attached hydrogens (tertiary/aromatic N) is 3. The molecule has 0 saturated carbocycles. The Morgan fingerprint density at radius 3 is 2.65 bits per heavy atom. The normalized spacial score (nSPS) is 10.7. The summed E-state index contributed by atoms with van der Waals surface area (Å²) < 4.78 is 5.79. The Labute approximate surface area is 130 Å². The lowest BCUT2D eigenvalue weighted by Crippen LogP contribution is -2.28. The summed E-state index contributed by atoms with van der Waals surface area (Å²) in [5.41, 5.74) is -0.270. The monoisotopic (exact) mass is 318 g/mol. The number of aromatic amines is 1. The van der Waals surface area contributed by atoms with Gasteiger partial charge in [0.2, 0.25) is 12.3 Å². The van der Waals surface area contributed by atoms with Gasteiger partial charge in [-0.2, -0.15) is 9.78 Å². The number of carbonyl (C=O) groups is 2. The zero-order valence-corrected chi connectivity index (χ0v) is 12.2. The number of H-pyrrole nitrogens is 1. The van der Waals surface area contributed by atoms with Crippen LogP contribution in [0.25, 0.3) is 0 Å². The van der Waals surface area contributed by atoms with E-state index in [0.29, 0.717) is 17.7 Å². The Morgan fingerprint density at radius 2 is 2.13 bits per heavy atom. The van der Waals surface area contributed by atoms with Crippen LogP contribution in [0.4, 0.5) is 0 Å². The molecule has 0 bridgehead atoms. The molecule has 2 N–H and O–H groups in total. The second kappa shape index (κ2) is 7.07. The van der Waals surface area contributed by atoms with Crippen molar-refractivity contribution in [1.29, 1.82) is 0 Å². The van der Waals surface area contributed by atoms with Crippen LogP contribution in [0, 0.1) is 0 Å². The van der Waals surface area contributed by atoms with E-state index in [2.05, 4.69) is 10.1 Å². The Morgan fingerprint density at radius 1 is 1.43 bits per heavy atom. The van der Waals surface area contributed by atoms with Gasteiger partial charge < -0.3 is 9.84 Å². The van der Waals surface area contributed by atoms with E-state index in [0.717, 1.165) is 22.1 Å². The predicted molar refractivity (Wildman–Crippen MR) is 80.7 cm³/mol. The van der Waals surface area contributed by atoms with Crippen molar-refractivity contribution in [2.45, 2.75) is 0 Å². The number of hydrogen-bond acceptors (Lipinski definition) is 6. The minimum absolute atomic E-state index is 0.246. The lowest BCUT2D eigenvalue weighted by Gasteiger charge is -2.10. The smallest absolute Gasteiger partial charge is 0.349 e. The maximum Gasteiger partial charge on any atom is 0.349 e. The highest BCUT2D eigenvalue weighted by Gasteiger charge is 2.10. The SMILES string of the molecule is COc1ccc(C(=O)CN(C=O)C=Nn2cc(O)[nH]c2=O)cc1. The van der Waals surface area contributed by atoms with Crippen LogP contribution < -0.4 is 10.4 Å². The first-order valence-corrected chi connectivity index (χ1v) is 6.47. The third kappa shape index (κ3) is 4.06. The summed E-state index contributed by atoms with van der Waals surface area (Å²) in [4.78, 5) is 37.4. The molecule has 1 heterocycles. The molecular weight excluding hydrogens is 304 g/mol. The molecule has 1 amide bonds. The van der Waals surface area contributed by atoms with E-state index in [1.54, 1.807) is 24.3 Å². The highest BCUT2D eigenvalue weighted by molar-refractivity contribution is 6.00. The van der Waals surface area contributed by atoms with E-state index in [1.165, 1.54) is 7.11 Å². The number of rotatable bonds is 7. The first-order valence-electron chi connectivity index (χ1n) is 6.47. The van der Waals surface area contributed by atoms with Crippen LogP contribution in [0.2, 0.25) is 0 Å². The van der Waals surface area contributed by atoms with Crippen LogP contribution in [-0.4, -0.2) is 51.9 Å². The molecule has 0 radical (unpaired) electrons. The molecule has 0 aliphatic heterocycles. The summed E-state index contributed by atoms with van der Waals surface area (Å²) in [6, 6.07) is 6.43. The maximum absolute atomic E-state index is 12.1. The van der Waals surface area contributed by atoms with Crippen molar-refractivity contribution in [3.05, 3.63) is 46.5 Å². The summed E-state index contributed by atoms with van der Waals surface area (Å²) in [5.74, 6) is -0.0587. The number of ether oxygens (including phenoxy) is 1. The van der Waals surface area contributed by atoms with E-state index in [9.17, 15) is 14.4 Å². The number of carbonyl (C=O) groups excluding carboxylic acids is 2. The van der Waals surface area contributed by atoms with Gasteiger partial charge in [-0.15, -0.1) is 0 Å². The average molecular weight is 318 g/mol. The molecule has 0 atom stereocenters. The molecule has 0 saturated heterocycles. The van der Waals surface area contributed by atoms with Crippen molar-refractivity contribution in [2.24, 2.45) is 5.10 Å². The number of Topliss-reactive ketones (excluding diaryl/α,β-unsaturated/α-hetero) is 1. The van der Waals surface area contributed by atoms with Gasteiger partial charge in [0.25, 0.3) is 0 Å². The van der Waals surface area contributed by atoms with Crippen LogP contribution in [0.3, 0.4) is 0 Å². The summed E-state index contributed by atoms with van der Waals surface area (Å²) in [5, 5.41) is 12.8. The number of methoxy groups -OCH3 is 1. The molecule has 9 nitrogen and oxygen atoms in total. The molecule has 1 aromatic heterocycles. The largest absolute Gasteiger partial charge is 0.497 e. The number of aromatic hydroxyl groups is 1. The molecule has 23 heavy (non-hydrogen) atoms. The van der Waals surface area contributed by atoms with Crippen LogP contribution >= 0.6 is 0 Å². The van der Waals surface area contributed by atoms with E-state index in [1.807, 2.05) is 0 Å². The Balaban J connectivity index is 2.06. The fraction of sp³-hybridized carbons (Fsp3) is 0.143. The first kappa shape index (κ1) is 16.0. The van der Waals surface area contributed by atoms with Gasteiger partial charge >= 0.3 is 5.69 Å².